The predicted molar refractivity (Wildman–Crippen MR) is 66.3 cm³/mol. The lowest BCUT2D eigenvalue weighted by Crippen LogP contribution is -1.92. The molecule has 1 unspecified atom stereocenters. The Morgan fingerprint density at radius 3 is 2.87 bits per heavy atom. The molecule has 0 spiro atoms. The lowest BCUT2D eigenvalue weighted by molar-refractivity contribution is 0.709. The zero-order chi connectivity index (χ0) is 11.0. The molecule has 0 bridgehead atoms. The Hall–Kier alpha value is -0.830. The van der Waals surface area contributed by atoms with E-state index in [1.165, 1.54) is 5.56 Å². The van der Waals surface area contributed by atoms with E-state index < -0.39 is 0 Å². The van der Waals surface area contributed by atoms with E-state index in [2.05, 4.69) is 53.2 Å². The summed E-state index contributed by atoms with van der Waals surface area (Å²) in [4.78, 5) is 4.70. The molecule has 0 aliphatic carbocycles. The summed E-state index contributed by atoms with van der Waals surface area (Å²) >= 11 is 3.63. The van der Waals surface area contributed by atoms with Crippen LogP contribution in [0.5, 0.6) is 0 Å². The average Bonchev–Trinajstić information content (AvgIpc) is 2.57. The lowest BCUT2D eigenvalue weighted by atomic mass is 10.1. The Bertz CT molecular complexity index is 488. The number of pyridine rings is 1. The molecule has 1 atom stereocenters. The van der Waals surface area contributed by atoms with Crippen LogP contribution in [0, 0.1) is 6.92 Å². The van der Waals surface area contributed by atoms with E-state index in [4.69, 9.17) is 4.98 Å². The van der Waals surface area contributed by atoms with Gasteiger partial charge in [-0.3, -0.25) is 4.40 Å². The van der Waals surface area contributed by atoms with Crippen molar-refractivity contribution in [2.75, 3.05) is 0 Å². The molecule has 2 aromatic rings. The first-order valence-electron chi connectivity index (χ1n) is 5.28. The molecule has 0 aliphatic heterocycles. The van der Waals surface area contributed by atoms with Crippen LogP contribution in [0.3, 0.4) is 0 Å². The largest absolute Gasteiger partial charge is 0.294 e. The van der Waals surface area contributed by atoms with Gasteiger partial charge in [0.15, 0.2) is 0 Å². The van der Waals surface area contributed by atoms with E-state index in [-0.39, 0.29) is 0 Å². The highest BCUT2D eigenvalue weighted by Gasteiger charge is 2.15. The maximum atomic E-state index is 4.70. The van der Waals surface area contributed by atoms with Crippen molar-refractivity contribution in [1.29, 1.82) is 0 Å². The van der Waals surface area contributed by atoms with Gasteiger partial charge in [0.05, 0.1) is 5.69 Å². The maximum absolute atomic E-state index is 4.70. The number of aryl methyl sites for hydroxylation is 1. The van der Waals surface area contributed by atoms with Gasteiger partial charge < -0.3 is 0 Å². The van der Waals surface area contributed by atoms with Gasteiger partial charge in [-0.05, 0) is 40.9 Å². The Labute approximate surface area is 98.5 Å². The molecule has 0 aliphatic rings. The van der Waals surface area contributed by atoms with Crippen LogP contribution in [0.2, 0.25) is 0 Å². The highest BCUT2D eigenvalue weighted by atomic mass is 79.9. The van der Waals surface area contributed by atoms with E-state index in [0.717, 1.165) is 22.4 Å². The predicted octanol–water partition coefficient (Wildman–Crippen LogP) is 3.92. The van der Waals surface area contributed by atoms with Gasteiger partial charge in [0.1, 0.15) is 10.3 Å². The van der Waals surface area contributed by atoms with Crippen molar-refractivity contribution in [1.82, 2.24) is 9.38 Å². The van der Waals surface area contributed by atoms with Crippen molar-refractivity contribution in [3.63, 3.8) is 0 Å². The molecule has 0 fully saturated rings. The first-order valence-corrected chi connectivity index (χ1v) is 6.07. The third-order valence-corrected chi connectivity index (χ3v) is 3.68. The molecule has 2 aromatic heterocycles. The van der Waals surface area contributed by atoms with Crippen LogP contribution in [0.1, 0.15) is 37.4 Å². The topological polar surface area (TPSA) is 17.3 Å². The van der Waals surface area contributed by atoms with Crippen molar-refractivity contribution in [2.45, 2.75) is 33.1 Å². The van der Waals surface area contributed by atoms with Gasteiger partial charge in [-0.25, -0.2) is 4.98 Å². The molecule has 15 heavy (non-hydrogen) atoms. The van der Waals surface area contributed by atoms with Gasteiger partial charge in [0.2, 0.25) is 0 Å². The molecule has 3 heteroatoms. The minimum atomic E-state index is 0.499. The molecular formula is C12H15BrN2. The van der Waals surface area contributed by atoms with E-state index in [0.29, 0.717) is 5.92 Å². The smallest absolute Gasteiger partial charge is 0.140 e. The molecule has 0 amide bonds. The maximum Gasteiger partial charge on any atom is 0.140 e. The van der Waals surface area contributed by atoms with Gasteiger partial charge in [-0.1, -0.05) is 19.9 Å². The number of nitrogens with zero attached hydrogens (tertiary/aromatic N) is 2. The summed E-state index contributed by atoms with van der Waals surface area (Å²) in [5.74, 6) is 0.499. The molecular weight excluding hydrogens is 252 g/mol. The second-order valence-corrected chi connectivity index (χ2v) is 4.73. The highest BCUT2D eigenvalue weighted by molar-refractivity contribution is 9.10. The minimum Gasteiger partial charge on any atom is -0.294 e. The van der Waals surface area contributed by atoms with Crippen LogP contribution >= 0.6 is 15.9 Å². The van der Waals surface area contributed by atoms with E-state index in [1.54, 1.807) is 0 Å². The first-order chi connectivity index (χ1) is 7.15. The van der Waals surface area contributed by atoms with E-state index in [9.17, 15) is 0 Å². The summed E-state index contributed by atoms with van der Waals surface area (Å²) in [7, 11) is 0. The summed E-state index contributed by atoms with van der Waals surface area (Å²) < 4.78 is 3.20. The van der Waals surface area contributed by atoms with E-state index >= 15 is 0 Å². The fourth-order valence-corrected chi connectivity index (χ4v) is 2.47. The standard InChI is InChI=1S/C12H15BrN2/c1-4-8(2)10-11(13)15-7-5-6-9(3)12(15)14-10/h5-8H,4H2,1-3H3. The van der Waals surface area contributed by atoms with Crippen molar-refractivity contribution >= 4 is 21.6 Å². The molecule has 0 radical (unpaired) electrons. The van der Waals surface area contributed by atoms with Gasteiger partial charge in [-0.2, -0.15) is 0 Å². The second-order valence-electron chi connectivity index (χ2n) is 3.98. The van der Waals surface area contributed by atoms with Crippen molar-refractivity contribution in [2.24, 2.45) is 0 Å². The normalized spacial score (nSPS) is 13.3. The van der Waals surface area contributed by atoms with Gasteiger partial charge >= 0.3 is 0 Å². The van der Waals surface area contributed by atoms with Crippen LogP contribution in [0.25, 0.3) is 5.65 Å². The monoisotopic (exact) mass is 266 g/mol. The minimum absolute atomic E-state index is 0.499. The number of rotatable bonds is 2. The summed E-state index contributed by atoms with van der Waals surface area (Å²) in [5.41, 5.74) is 3.43. The lowest BCUT2D eigenvalue weighted by Gasteiger charge is -2.04. The zero-order valence-electron chi connectivity index (χ0n) is 9.29. The molecule has 2 rings (SSSR count). The fourth-order valence-electron chi connectivity index (χ4n) is 1.70. The summed E-state index contributed by atoms with van der Waals surface area (Å²) in [6, 6.07) is 4.14. The quantitative estimate of drug-likeness (QED) is 0.806. The number of imidazole rings is 1. The SMILES string of the molecule is CCC(C)c1nc2c(C)cccn2c1Br. The molecule has 0 saturated heterocycles. The Kier molecular flexibility index (Phi) is 2.83. The highest BCUT2D eigenvalue weighted by Crippen LogP contribution is 2.28. The summed E-state index contributed by atoms with van der Waals surface area (Å²) in [6.07, 6.45) is 3.16. The Balaban J connectivity index is 2.69. The number of aromatic nitrogens is 2. The van der Waals surface area contributed by atoms with Crippen molar-refractivity contribution in [3.05, 3.63) is 34.2 Å². The second kappa shape index (κ2) is 3.97. The van der Waals surface area contributed by atoms with Crippen LogP contribution in [-0.4, -0.2) is 9.38 Å². The van der Waals surface area contributed by atoms with Gasteiger partial charge in [0.25, 0.3) is 0 Å². The number of hydrogen-bond acceptors (Lipinski definition) is 1. The number of fused-ring (bicyclic) bond motifs is 1. The van der Waals surface area contributed by atoms with Crippen molar-refractivity contribution in [3.8, 4) is 0 Å². The molecule has 0 saturated carbocycles. The Morgan fingerprint density at radius 1 is 1.53 bits per heavy atom. The third kappa shape index (κ3) is 1.69. The van der Waals surface area contributed by atoms with E-state index in [1.807, 2.05) is 6.20 Å². The van der Waals surface area contributed by atoms with Crippen LogP contribution in [-0.2, 0) is 0 Å². The summed E-state index contributed by atoms with van der Waals surface area (Å²) in [5, 5.41) is 0. The fraction of sp³-hybridized carbons (Fsp3) is 0.417. The molecule has 0 N–H and O–H groups in total. The van der Waals surface area contributed by atoms with Crippen molar-refractivity contribution < 1.29 is 0 Å². The van der Waals surface area contributed by atoms with Crippen LogP contribution in [0.15, 0.2) is 22.9 Å². The number of halogens is 1. The van der Waals surface area contributed by atoms with Crippen LogP contribution < -0.4 is 0 Å². The summed E-state index contributed by atoms with van der Waals surface area (Å²) in [6.45, 7) is 6.49. The Morgan fingerprint density at radius 2 is 2.27 bits per heavy atom. The number of hydrogen-bond donors (Lipinski definition) is 0. The average molecular weight is 267 g/mol. The molecule has 80 valence electrons. The molecule has 2 nitrogen and oxygen atoms in total. The third-order valence-electron chi connectivity index (χ3n) is 2.89. The zero-order valence-corrected chi connectivity index (χ0v) is 10.9. The first kappa shape index (κ1) is 10.7. The van der Waals surface area contributed by atoms with Gasteiger partial charge in [-0.15, -0.1) is 0 Å². The molecule has 2 heterocycles. The van der Waals surface area contributed by atoms with Crippen LogP contribution in [0.4, 0.5) is 0 Å². The van der Waals surface area contributed by atoms with Gasteiger partial charge in [0, 0.05) is 12.1 Å². The molecule has 0 aromatic carbocycles.